The zero-order valence-corrected chi connectivity index (χ0v) is 10.9. The van der Waals surface area contributed by atoms with E-state index < -0.39 is 6.09 Å². The fraction of sp³-hybridized carbons (Fsp3) is 0.125. The van der Waals surface area contributed by atoms with Crippen LogP contribution in [0.4, 0.5) is 10.5 Å². The lowest BCUT2D eigenvalue weighted by Gasteiger charge is -2.03. The first-order chi connectivity index (χ1) is 9.83. The van der Waals surface area contributed by atoms with Gasteiger partial charge < -0.3 is 0 Å². The van der Waals surface area contributed by atoms with Crippen LogP contribution >= 0.6 is 0 Å². The van der Waals surface area contributed by atoms with Gasteiger partial charge in [0, 0.05) is 11.3 Å². The summed E-state index contributed by atoms with van der Waals surface area (Å²) in [5.41, 5.74) is 3.83. The first kappa shape index (κ1) is 12.4. The summed E-state index contributed by atoms with van der Waals surface area (Å²) < 4.78 is 0. The van der Waals surface area contributed by atoms with Gasteiger partial charge >= 0.3 is 6.09 Å². The number of nitrogens with one attached hydrogen (secondary N) is 1. The maximum Gasteiger partial charge on any atom is 0.437 e. The maximum absolute atomic E-state index is 11.6. The van der Waals surface area contributed by atoms with Crippen LogP contribution in [-0.2, 0) is 11.3 Å². The summed E-state index contributed by atoms with van der Waals surface area (Å²) in [6, 6.07) is 17.2. The molecule has 4 heteroatoms. The number of rotatable bonds is 2. The third-order valence-electron chi connectivity index (χ3n) is 3.22. The van der Waals surface area contributed by atoms with E-state index in [2.05, 4.69) is 16.5 Å². The number of amides is 1. The van der Waals surface area contributed by atoms with Gasteiger partial charge in [-0.15, -0.1) is 0 Å². The Balaban J connectivity index is 1.65. The molecule has 0 fully saturated rings. The zero-order chi connectivity index (χ0) is 13.8. The molecule has 0 bridgehead atoms. The van der Waals surface area contributed by atoms with Gasteiger partial charge in [-0.3, -0.25) is 10.2 Å². The molecule has 0 aliphatic heterocycles. The molecule has 20 heavy (non-hydrogen) atoms. The van der Waals surface area contributed by atoms with Gasteiger partial charge in [-0.2, -0.15) is 0 Å². The Morgan fingerprint density at radius 3 is 2.60 bits per heavy atom. The number of fused-ring (bicyclic) bond motifs is 1. The number of benzene rings is 2. The molecule has 0 radical (unpaired) electrons. The lowest BCUT2D eigenvalue weighted by Crippen LogP contribution is -2.11. The third kappa shape index (κ3) is 2.69. The Morgan fingerprint density at radius 1 is 1.00 bits per heavy atom. The van der Waals surface area contributed by atoms with Crippen molar-refractivity contribution in [3.63, 3.8) is 0 Å². The molecule has 0 saturated heterocycles. The molecule has 4 nitrogen and oxygen atoms in total. The first-order valence-corrected chi connectivity index (χ1v) is 6.51. The van der Waals surface area contributed by atoms with Crippen LogP contribution in [0.2, 0.25) is 0 Å². The molecular formula is C16H14N2O2. The van der Waals surface area contributed by atoms with Crippen LogP contribution in [0.5, 0.6) is 0 Å². The average Bonchev–Trinajstić information content (AvgIpc) is 2.89. The molecule has 1 aliphatic rings. The molecular weight excluding hydrogens is 252 g/mol. The van der Waals surface area contributed by atoms with Crippen molar-refractivity contribution < 1.29 is 9.63 Å². The van der Waals surface area contributed by atoms with Crippen molar-refractivity contribution >= 4 is 17.5 Å². The molecule has 1 aliphatic carbocycles. The average molecular weight is 266 g/mol. The van der Waals surface area contributed by atoms with E-state index in [1.54, 1.807) is 12.1 Å². The Bertz CT molecular complexity index is 651. The SMILES string of the molecule is O=C(Nc1ccccc1)ON=C1CCc2ccccc21. The number of hydrogen-bond donors (Lipinski definition) is 1. The number of anilines is 1. The lowest BCUT2D eigenvalue weighted by atomic mass is 10.1. The summed E-state index contributed by atoms with van der Waals surface area (Å²) in [7, 11) is 0. The predicted molar refractivity (Wildman–Crippen MR) is 77.8 cm³/mol. The Kier molecular flexibility index (Phi) is 3.46. The highest BCUT2D eigenvalue weighted by Gasteiger charge is 2.17. The van der Waals surface area contributed by atoms with Gasteiger partial charge in [0.1, 0.15) is 0 Å². The second kappa shape index (κ2) is 5.57. The number of hydrogen-bond acceptors (Lipinski definition) is 3. The van der Waals surface area contributed by atoms with Crippen molar-refractivity contribution in [2.45, 2.75) is 12.8 Å². The largest absolute Gasteiger partial charge is 0.437 e. The lowest BCUT2D eigenvalue weighted by molar-refractivity contribution is 0.166. The van der Waals surface area contributed by atoms with Crippen molar-refractivity contribution in [2.24, 2.45) is 5.16 Å². The molecule has 0 aromatic heterocycles. The van der Waals surface area contributed by atoms with E-state index in [4.69, 9.17) is 4.84 Å². The third-order valence-corrected chi connectivity index (χ3v) is 3.22. The van der Waals surface area contributed by atoms with Crippen molar-refractivity contribution in [3.8, 4) is 0 Å². The van der Waals surface area contributed by atoms with E-state index in [0.717, 1.165) is 24.1 Å². The molecule has 2 aromatic carbocycles. The number of carbonyl (C=O) groups is 1. The fourth-order valence-electron chi connectivity index (χ4n) is 2.26. The van der Waals surface area contributed by atoms with Gasteiger partial charge in [0.25, 0.3) is 0 Å². The van der Waals surface area contributed by atoms with Gasteiger partial charge in [0.2, 0.25) is 0 Å². The topological polar surface area (TPSA) is 50.7 Å². The summed E-state index contributed by atoms with van der Waals surface area (Å²) in [5, 5.41) is 6.59. The fourth-order valence-corrected chi connectivity index (χ4v) is 2.26. The standard InChI is InChI=1S/C16H14N2O2/c19-16(17-13-7-2-1-3-8-13)20-18-15-11-10-12-6-4-5-9-14(12)15/h1-9H,10-11H2,(H,17,19). The van der Waals surface area contributed by atoms with Crippen molar-refractivity contribution in [1.29, 1.82) is 0 Å². The minimum atomic E-state index is -0.576. The van der Waals surface area contributed by atoms with Gasteiger partial charge in [-0.1, -0.05) is 47.6 Å². The van der Waals surface area contributed by atoms with E-state index in [1.165, 1.54) is 5.56 Å². The molecule has 0 saturated carbocycles. The van der Waals surface area contributed by atoms with Gasteiger partial charge in [0.05, 0.1) is 5.71 Å². The number of oxime groups is 1. The van der Waals surface area contributed by atoms with Crippen LogP contribution in [0.15, 0.2) is 59.8 Å². The predicted octanol–water partition coefficient (Wildman–Crippen LogP) is 3.59. The molecule has 0 spiro atoms. The quantitative estimate of drug-likeness (QED) is 0.667. The van der Waals surface area contributed by atoms with Crippen LogP contribution in [0.3, 0.4) is 0 Å². The number of aryl methyl sites for hydroxylation is 1. The number of nitrogens with zero attached hydrogens (tertiary/aromatic N) is 1. The normalized spacial score (nSPS) is 14.9. The van der Waals surface area contributed by atoms with E-state index in [0.29, 0.717) is 5.69 Å². The van der Waals surface area contributed by atoms with Crippen molar-refractivity contribution in [3.05, 3.63) is 65.7 Å². The summed E-state index contributed by atoms with van der Waals surface area (Å²) in [5.74, 6) is 0. The van der Waals surface area contributed by atoms with Crippen molar-refractivity contribution in [2.75, 3.05) is 5.32 Å². The molecule has 3 rings (SSSR count). The molecule has 1 amide bonds. The highest BCUT2D eigenvalue weighted by atomic mass is 16.7. The molecule has 0 atom stereocenters. The highest BCUT2D eigenvalue weighted by Crippen LogP contribution is 2.22. The molecule has 2 aromatic rings. The second-order valence-electron chi connectivity index (χ2n) is 4.56. The smallest absolute Gasteiger partial charge is 0.297 e. The molecule has 1 N–H and O–H groups in total. The summed E-state index contributed by atoms with van der Waals surface area (Å²) in [6.07, 6.45) is 1.17. The van der Waals surface area contributed by atoms with Crippen LogP contribution in [0.1, 0.15) is 17.5 Å². The second-order valence-corrected chi connectivity index (χ2v) is 4.56. The maximum atomic E-state index is 11.6. The van der Waals surface area contributed by atoms with E-state index in [-0.39, 0.29) is 0 Å². The molecule has 0 unspecified atom stereocenters. The summed E-state index contributed by atoms with van der Waals surface area (Å²) in [4.78, 5) is 16.6. The van der Waals surface area contributed by atoms with Gasteiger partial charge in [0.15, 0.2) is 0 Å². The molecule has 100 valence electrons. The Labute approximate surface area is 117 Å². The minimum Gasteiger partial charge on any atom is -0.297 e. The molecule has 0 heterocycles. The monoisotopic (exact) mass is 266 g/mol. The number of para-hydroxylation sites is 1. The summed E-state index contributed by atoms with van der Waals surface area (Å²) >= 11 is 0. The van der Waals surface area contributed by atoms with Crippen LogP contribution < -0.4 is 5.32 Å². The van der Waals surface area contributed by atoms with Crippen LogP contribution in [-0.4, -0.2) is 11.8 Å². The summed E-state index contributed by atoms with van der Waals surface area (Å²) in [6.45, 7) is 0. The minimum absolute atomic E-state index is 0.576. The van der Waals surface area contributed by atoms with Gasteiger partial charge in [-0.25, -0.2) is 4.79 Å². The first-order valence-electron chi connectivity index (χ1n) is 6.51. The highest BCUT2D eigenvalue weighted by molar-refractivity contribution is 6.04. The van der Waals surface area contributed by atoms with E-state index in [9.17, 15) is 4.79 Å². The Morgan fingerprint density at radius 2 is 1.75 bits per heavy atom. The van der Waals surface area contributed by atoms with Gasteiger partial charge in [-0.05, 0) is 30.5 Å². The zero-order valence-electron chi connectivity index (χ0n) is 10.9. The van der Waals surface area contributed by atoms with Crippen molar-refractivity contribution in [1.82, 2.24) is 0 Å². The Hall–Kier alpha value is -2.62. The number of carbonyl (C=O) groups excluding carboxylic acids is 1. The van der Waals surface area contributed by atoms with E-state index >= 15 is 0 Å². The van der Waals surface area contributed by atoms with E-state index in [1.807, 2.05) is 36.4 Å². The van der Waals surface area contributed by atoms with Crippen LogP contribution in [0.25, 0.3) is 0 Å². The van der Waals surface area contributed by atoms with Crippen LogP contribution in [0, 0.1) is 0 Å².